The lowest BCUT2D eigenvalue weighted by molar-refractivity contribution is 0.0963. The van der Waals surface area contributed by atoms with Gasteiger partial charge in [-0.2, -0.15) is 0 Å². The van der Waals surface area contributed by atoms with Gasteiger partial charge in [0.25, 0.3) is 0 Å². The fourth-order valence-corrected chi connectivity index (χ4v) is 4.28. The monoisotopic (exact) mass is 444 g/mol. The molecule has 0 aliphatic carbocycles. The summed E-state index contributed by atoms with van der Waals surface area (Å²) >= 11 is 0. The van der Waals surface area contributed by atoms with E-state index in [2.05, 4.69) is 56.6 Å². The van der Waals surface area contributed by atoms with Gasteiger partial charge in [-0.1, -0.05) is 31.2 Å². The van der Waals surface area contributed by atoms with Crippen LogP contribution in [0.2, 0.25) is 0 Å². The maximum Gasteiger partial charge on any atom is 0.409 e. The third-order valence-corrected chi connectivity index (χ3v) is 6.39. The van der Waals surface area contributed by atoms with Crippen molar-refractivity contribution < 1.29 is 9.53 Å². The lowest BCUT2D eigenvalue weighted by Crippen LogP contribution is -2.49. The normalized spacial score (nSPS) is 19.1. The molecular formula is C24H40N6O2. The van der Waals surface area contributed by atoms with Crippen LogP contribution in [0, 0.1) is 0 Å². The second kappa shape index (κ2) is 12.6. The van der Waals surface area contributed by atoms with Gasteiger partial charge in [0.1, 0.15) is 0 Å². The Labute approximate surface area is 193 Å². The molecule has 2 aliphatic heterocycles. The van der Waals surface area contributed by atoms with Gasteiger partial charge in [0, 0.05) is 65.4 Å². The van der Waals surface area contributed by atoms with Gasteiger partial charge in [0.15, 0.2) is 5.96 Å². The van der Waals surface area contributed by atoms with E-state index in [1.54, 1.807) is 11.9 Å². The smallest absolute Gasteiger partial charge is 0.409 e. The third kappa shape index (κ3) is 7.38. The van der Waals surface area contributed by atoms with E-state index in [0.29, 0.717) is 25.7 Å². The summed E-state index contributed by atoms with van der Waals surface area (Å²) in [5, 5.41) is 6.91. The number of likely N-dealkylation sites (N-methyl/N-ethyl adjacent to an activating group) is 1. The number of nitrogens with zero attached hydrogens (tertiary/aromatic N) is 4. The molecule has 3 rings (SSSR count). The first-order valence-electron chi connectivity index (χ1n) is 12.0. The van der Waals surface area contributed by atoms with Crippen molar-refractivity contribution in [2.45, 2.75) is 45.8 Å². The molecule has 2 aliphatic rings. The Morgan fingerprint density at radius 2 is 1.62 bits per heavy atom. The molecule has 0 unspecified atom stereocenters. The van der Waals surface area contributed by atoms with E-state index in [1.807, 2.05) is 6.92 Å². The summed E-state index contributed by atoms with van der Waals surface area (Å²) in [5.41, 5.74) is 2.61. The van der Waals surface area contributed by atoms with Crippen LogP contribution in [0.25, 0.3) is 0 Å². The highest BCUT2D eigenvalue weighted by Crippen LogP contribution is 2.12. The van der Waals surface area contributed by atoms with Gasteiger partial charge < -0.3 is 25.2 Å². The van der Waals surface area contributed by atoms with Crippen LogP contribution in [-0.4, -0.2) is 92.3 Å². The second-order valence-electron chi connectivity index (χ2n) is 8.56. The van der Waals surface area contributed by atoms with Crippen molar-refractivity contribution >= 4 is 12.1 Å². The molecule has 0 atom stereocenters. The van der Waals surface area contributed by atoms with Gasteiger partial charge in [0.05, 0.1) is 6.61 Å². The Kier molecular flexibility index (Phi) is 9.62. The minimum atomic E-state index is -0.208. The number of rotatable bonds is 7. The first-order chi connectivity index (χ1) is 15.6. The second-order valence-corrected chi connectivity index (χ2v) is 8.56. The number of amides is 1. The van der Waals surface area contributed by atoms with Crippen LogP contribution in [-0.2, 0) is 17.8 Å². The summed E-state index contributed by atoms with van der Waals surface area (Å²) in [4.78, 5) is 23.0. The van der Waals surface area contributed by atoms with Crippen molar-refractivity contribution in [3.8, 4) is 0 Å². The molecule has 1 aromatic carbocycles. The molecule has 0 spiro atoms. The summed E-state index contributed by atoms with van der Waals surface area (Å²) in [6, 6.07) is 9.20. The average Bonchev–Trinajstić information content (AvgIpc) is 2.83. The van der Waals surface area contributed by atoms with Crippen molar-refractivity contribution in [1.29, 1.82) is 0 Å². The SMILES string of the molecule is CCOC(=O)N1CCC(NC(=NC)NCc2ccc(CN3CCN(CC)CC3)cc2)CC1. The van der Waals surface area contributed by atoms with Crippen molar-refractivity contribution in [1.82, 2.24) is 25.3 Å². The van der Waals surface area contributed by atoms with Gasteiger partial charge in [0.2, 0.25) is 0 Å². The number of guanidine groups is 1. The highest BCUT2D eigenvalue weighted by Gasteiger charge is 2.24. The Hall–Kier alpha value is -2.32. The van der Waals surface area contributed by atoms with Crippen LogP contribution in [0.1, 0.15) is 37.8 Å². The van der Waals surface area contributed by atoms with Crippen molar-refractivity contribution in [2.24, 2.45) is 4.99 Å². The van der Waals surface area contributed by atoms with Gasteiger partial charge in [-0.3, -0.25) is 9.89 Å². The molecule has 2 saturated heterocycles. The van der Waals surface area contributed by atoms with Crippen LogP contribution in [0.5, 0.6) is 0 Å². The minimum Gasteiger partial charge on any atom is -0.450 e. The summed E-state index contributed by atoms with van der Waals surface area (Å²) in [5.74, 6) is 0.803. The first-order valence-corrected chi connectivity index (χ1v) is 12.0. The molecule has 0 radical (unpaired) electrons. The number of aliphatic imine (C=N–C) groups is 1. The van der Waals surface area contributed by atoms with Crippen molar-refractivity contribution in [2.75, 3.05) is 59.5 Å². The van der Waals surface area contributed by atoms with Gasteiger partial charge >= 0.3 is 6.09 Å². The zero-order valence-electron chi connectivity index (χ0n) is 20.0. The minimum absolute atomic E-state index is 0.208. The molecule has 1 amide bonds. The third-order valence-electron chi connectivity index (χ3n) is 6.39. The van der Waals surface area contributed by atoms with Gasteiger partial charge in [-0.05, 0) is 37.4 Å². The molecule has 0 saturated carbocycles. The van der Waals surface area contributed by atoms with E-state index in [0.717, 1.165) is 51.5 Å². The van der Waals surface area contributed by atoms with Crippen LogP contribution in [0.3, 0.4) is 0 Å². The predicted octanol–water partition coefficient (Wildman–Crippen LogP) is 2.11. The van der Waals surface area contributed by atoms with Crippen LogP contribution in [0.15, 0.2) is 29.3 Å². The molecule has 2 N–H and O–H groups in total. The molecule has 2 fully saturated rings. The van der Waals surface area contributed by atoms with Crippen LogP contribution in [0.4, 0.5) is 4.79 Å². The van der Waals surface area contributed by atoms with E-state index in [4.69, 9.17) is 4.74 Å². The highest BCUT2D eigenvalue weighted by atomic mass is 16.6. The molecule has 32 heavy (non-hydrogen) atoms. The molecule has 0 aromatic heterocycles. The van der Waals surface area contributed by atoms with E-state index < -0.39 is 0 Å². The average molecular weight is 445 g/mol. The molecule has 1 aromatic rings. The van der Waals surface area contributed by atoms with Crippen LogP contribution >= 0.6 is 0 Å². The number of carbonyl (C=O) groups excluding carboxylic acids is 1. The Balaban J connectivity index is 1.38. The molecule has 8 heteroatoms. The van der Waals surface area contributed by atoms with Gasteiger partial charge in [-0.15, -0.1) is 0 Å². The lowest BCUT2D eigenvalue weighted by atomic mass is 10.1. The number of hydrogen-bond acceptors (Lipinski definition) is 5. The quantitative estimate of drug-likeness (QED) is 0.496. The Morgan fingerprint density at radius 3 is 2.22 bits per heavy atom. The number of piperazine rings is 1. The molecule has 178 valence electrons. The fraction of sp³-hybridized carbons (Fsp3) is 0.667. The van der Waals surface area contributed by atoms with E-state index in [1.165, 1.54) is 24.2 Å². The molecular weight excluding hydrogens is 404 g/mol. The maximum absolute atomic E-state index is 11.8. The zero-order chi connectivity index (χ0) is 22.8. The topological polar surface area (TPSA) is 72.4 Å². The first kappa shape index (κ1) is 24.3. The molecule has 0 bridgehead atoms. The number of ether oxygens (including phenoxy) is 1. The van der Waals surface area contributed by atoms with E-state index in [9.17, 15) is 4.79 Å². The summed E-state index contributed by atoms with van der Waals surface area (Å²) < 4.78 is 5.09. The standard InChI is InChI=1S/C24H40N6O2/c1-4-28-14-16-29(17-15-28)19-21-8-6-20(7-9-21)18-26-23(25-3)27-22-10-12-30(13-11-22)24(31)32-5-2/h6-9,22H,4-5,10-19H2,1-3H3,(H2,25,26,27). The van der Waals surface area contributed by atoms with Crippen molar-refractivity contribution in [3.63, 3.8) is 0 Å². The predicted molar refractivity (Wildman–Crippen MR) is 129 cm³/mol. The fourth-order valence-electron chi connectivity index (χ4n) is 4.28. The van der Waals surface area contributed by atoms with Gasteiger partial charge in [-0.25, -0.2) is 4.79 Å². The van der Waals surface area contributed by atoms with E-state index >= 15 is 0 Å². The molecule has 8 nitrogen and oxygen atoms in total. The lowest BCUT2D eigenvalue weighted by Gasteiger charge is -2.34. The Morgan fingerprint density at radius 1 is 1.00 bits per heavy atom. The maximum atomic E-state index is 11.8. The summed E-state index contributed by atoms with van der Waals surface area (Å²) in [6.45, 7) is 13.5. The largest absolute Gasteiger partial charge is 0.450 e. The van der Waals surface area contributed by atoms with Crippen molar-refractivity contribution in [3.05, 3.63) is 35.4 Å². The number of likely N-dealkylation sites (tertiary alicyclic amines) is 1. The summed E-state index contributed by atoms with van der Waals surface area (Å²) in [6.07, 6.45) is 1.57. The van der Waals surface area contributed by atoms with Crippen LogP contribution < -0.4 is 10.6 Å². The number of hydrogen-bond donors (Lipinski definition) is 2. The number of carbonyl (C=O) groups is 1. The molecule has 2 heterocycles. The number of nitrogens with one attached hydrogen (secondary N) is 2. The zero-order valence-corrected chi connectivity index (χ0v) is 20.0. The number of benzene rings is 1. The highest BCUT2D eigenvalue weighted by molar-refractivity contribution is 5.80. The van der Waals surface area contributed by atoms with E-state index in [-0.39, 0.29) is 6.09 Å². The summed E-state index contributed by atoms with van der Waals surface area (Å²) in [7, 11) is 1.80. The Bertz CT molecular complexity index is 723. The number of piperidine rings is 1.